The highest BCUT2D eigenvalue weighted by Crippen LogP contribution is 2.17. The van der Waals surface area contributed by atoms with Gasteiger partial charge in [-0.3, -0.25) is 0 Å². The maximum absolute atomic E-state index is 12.5. The van der Waals surface area contributed by atoms with Crippen LogP contribution in [-0.4, -0.2) is 27.8 Å². The molecule has 0 saturated heterocycles. The van der Waals surface area contributed by atoms with E-state index >= 15 is 0 Å². The normalized spacial score (nSPS) is 11.8. The number of nitrogens with one attached hydrogen (secondary N) is 1. The molecule has 26 heavy (non-hydrogen) atoms. The average molecular weight is 413 g/mol. The van der Waals surface area contributed by atoms with Crippen LogP contribution in [0.2, 0.25) is 0 Å². The minimum atomic E-state index is -0.118. The molecule has 3 aromatic rings. The van der Waals surface area contributed by atoms with E-state index in [0.717, 1.165) is 21.3 Å². The Labute approximate surface area is 161 Å². The van der Waals surface area contributed by atoms with E-state index in [1.807, 2.05) is 72.4 Å². The van der Waals surface area contributed by atoms with E-state index in [1.54, 1.807) is 18.1 Å². The van der Waals surface area contributed by atoms with Crippen molar-refractivity contribution in [1.82, 2.24) is 20.0 Å². The minimum Gasteiger partial charge on any atom is -0.331 e. The molecular formula is C20H21BrN4O. The molecule has 0 aliphatic carbocycles. The van der Waals surface area contributed by atoms with Gasteiger partial charge in [0, 0.05) is 23.3 Å². The lowest BCUT2D eigenvalue weighted by Gasteiger charge is -2.21. The van der Waals surface area contributed by atoms with Gasteiger partial charge < -0.3 is 10.2 Å². The first-order chi connectivity index (χ1) is 12.5. The lowest BCUT2D eigenvalue weighted by atomic mass is 10.1. The van der Waals surface area contributed by atoms with Crippen molar-refractivity contribution in [1.29, 1.82) is 0 Å². The van der Waals surface area contributed by atoms with Gasteiger partial charge in [0.25, 0.3) is 0 Å². The van der Waals surface area contributed by atoms with Gasteiger partial charge in [0.1, 0.15) is 0 Å². The lowest BCUT2D eigenvalue weighted by Crippen LogP contribution is -2.38. The Bertz CT molecular complexity index is 861. The van der Waals surface area contributed by atoms with Crippen LogP contribution in [0, 0.1) is 0 Å². The molecule has 1 aromatic heterocycles. The smallest absolute Gasteiger partial charge is 0.317 e. The number of hydrogen-bond donors (Lipinski definition) is 1. The third kappa shape index (κ3) is 4.52. The van der Waals surface area contributed by atoms with Crippen LogP contribution in [0.1, 0.15) is 24.1 Å². The monoisotopic (exact) mass is 412 g/mol. The summed E-state index contributed by atoms with van der Waals surface area (Å²) >= 11 is 3.42. The van der Waals surface area contributed by atoms with E-state index in [2.05, 4.69) is 26.3 Å². The maximum atomic E-state index is 12.5. The van der Waals surface area contributed by atoms with E-state index in [4.69, 9.17) is 0 Å². The second kappa shape index (κ2) is 8.19. The number of amides is 2. The fraction of sp³-hybridized carbons (Fsp3) is 0.200. The van der Waals surface area contributed by atoms with Crippen molar-refractivity contribution in [3.63, 3.8) is 0 Å². The number of para-hydroxylation sites is 1. The zero-order valence-corrected chi connectivity index (χ0v) is 16.3. The number of halogens is 1. The summed E-state index contributed by atoms with van der Waals surface area (Å²) in [5.41, 5.74) is 3.03. The molecule has 5 nitrogen and oxygen atoms in total. The highest BCUT2D eigenvalue weighted by molar-refractivity contribution is 9.10. The quantitative estimate of drug-likeness (QED) is 0.668. The van der Waals surface area contributed by atoms with Crippen molar-refractivity contribution in [2.45, 2.75) is 19.5 Å². The van der Waals surface area contributed by atoms with E-state index in [0.29, 0.717) is 6.54 Å². The molecule has 0 spiro atoms. The summed E-state index contributed by atoms with van der Waals surface area (Å²) in [6.45, 7) is 2.47. The molecule has 0 radical (unpaired) electrons. The standard InChI is InChI=1S/C20H21BrN4O/c1-15(17-8-10-18(21)11-9-17)23-20(26)24(2)13-16-12-22-25(14-16)19-6-4-3-5-7-19/h3-12,14-15H,13H2,1-2H3,(H,23,26). The molecular weight excluding hydrogens is 392 g/mol. The first kappa shape index (κ1) is 18.2. The Morgan fingerprint density at radius 1 is 1.19 bits per heavy atom. The van der Waals surface area contributed by atoms with Crippen molar-refractivity contribution < 1.29 is 4.79 Å². The molecule has 2 aromatic carbocycles. The van der Waals surface area contributed by atoms with Crippen LogP contribution in [0.4, 0.5) is 4.79 Å². The van der Waals surface area contributed by atoms with Crippen LogP contribution in [0.5, 0.6) is 0 Å². The molecule has 0 bridgehead atoms. The van der Waals surface area contributed by atoms with Crippen LogP contribution in [-0.2, 0) is 6.54 Å². The van der Waals surface area contributed by atoms with Crippen molar-refractivity contribution in [2.24, 2.45) is 0 Å². The number of hydrogen-bond acceptors (Lipinski definition) is 2. The van der Waals surface area contributed by atoms with Gasteiger partial charge in [-0.25, -0.2) is 9.48 Å². The van der Waals surface area contributed by atoms with E-state index in [-0.39, 0.29) is 12.1 Å². The van der Waals surface area contributed by atoms with Crippen molar-refractivity contribution in [3.05, 3.63) is 82.6 Å². The van der Waals surface area contributed by atoms with Gasteiger partial charge in [-0.2, -0.15) is 5.10 Å². The summed E-state index contributed by atoms with van der Waals surface area (Å²) in [6.07, 6.45) is 3.73. The van der Waals surface area contributed by atoms with Crippen LogP contribution in [0.15, 0.2) is 71.5 Å². The summed E-state index contributed by atoms with van der Waals surface area (Å²) in [4.78, 5) is 14.1. The molecule has 2 amide bonds. The average Bonchev–Trinajstić information content (AvgIpc) is 3.11. The Hall–Kier alpha value is -2.60. The third-order valence-corrected chi connectivity index (χ3v) is 4.66. The number of carbonyl (C=O) groups is 1. The van der Waals surface area contributed by atoms with Crippen molar-refractivity contribution in [2.75, 3.05) is 7.05 Å². The Morgan fingerprint density at radius 2 is 1.88 bits per heavy atom. The number of nitrogens with zero attached hydrogens (tertiary/aromatic N) is 3. The molecule has 0 fully saturated rings. The van der Waals surface area contributed by atoms with Crippen LogP contribution < -0.4 is 5.32 Å². The molecule has 1 N–H and O–H groups in total. The Kier molecular flexibility index (Phi) is 5.73. The zero-order chi connectivity index (χ0) is 18.5. The minimum absolute atomic E-state index is 0.0647. The highest BCUT2D eigenvalue weighted by Gasteiger charge is 2.14. The van der Waals surface area contributed by atoms with Gasteiger partial charge in [0.15, 0.2) is 0 Å². The first-order valence-corrected chi connectivity index (χ1v) is 9.18. The summed E-state index contributed by atoms with van der Waals surface area (Å²) in [5, 5.41) is 7.39. The predicted molar refractivity (Wildman–Crippen MR) is 106 cm³/mol. The summed E-state index contributed by atoms with van der Waals surface area (Å²) in [5.74, 6) is 0. The van der Waals surface area contributed by atoms with Gasteiger partial charge in [0.05, 0.1) is 24.5 Å². The maximum Gasteiger partial charge on any atom is 0.317 e. The number of rotatable bonds is 5. The number of benzene rings is 2. The summed E-state index contributed by atoms with van der Waals surface area (Å²) in [6, 6.07) is 17.7. The molecule has 0 saturated carbocycles. The molecule has 1 atom stereocenters. The summed E-state index contributed by atoms with van der Waals surface area (Å²) in [7, 11) is 1.78. The van der Waals surface area contributed by atoms with Gasteiger partial charge >= 0.3 is 6.03 Å². The Balaban J connectivity index is 1.59. The largest absolute Gasteiger partial charge is 0.331 e. The predicted octanol–water partition coefficient (Wildman–Crippen LogP) is 4.54. The number of urea groups is 1. The van der Waals surface area contributed by atoms with E-state index in [9.17, 15) is 4.79 Å². The molecule has 0 aliphatic rings. The third-order valence-electron chi connectivity index (χ3n) is 4.13. The summed E-state index contributed by atoms with van der Waals surface area (Å²) < 4.78 is 2.83. The van der Waals surface area contributed by atoms with Gasteiger partial charge in [-0.1, -0.05) is 46.3 Å². The van der Waals surface area contributed by atoms with Gasteiger partial charge in [-0.05, 0) is 36.8 Å². The number of carbonyl (C=O) groups excluding carboxylic acids is 1. The Morgan fingerprint density at radius 3 is 2.58 bits per heavy atom. The first-order valence-electron chi connectivity index (χ1n) is 8.39. The van der Waals surface area contributed by atoms with E-state index in [1.165, 1.54) is 0 Å². The van der Waals surface area contributed by atoms with Crippen LogP contribution in [0.25, 0.3) is 5.69 Å². The molecule has 0 aliphatic heterocycles. The molecule has 3 rings (SSSR count). The SMILES string of the molecule is CC(NC(=O)N(C)Cc1cnn(-c2ccccc2)c1)c1ccc(Br)cc1. The lowest BCUT2D eigenvalue weighted by molar-refractivity contribution is 0.203. The second-order valence-electron chi connectivity index (χ2n) is 6.21. The second-order valence-corrected chi connectivity index (χ2v) is 7.12. The topological polar surface area (TPSA) is 50.2 Å². The fourth-order valence-electron chi connectivity index (χ4n) is 2.64. The van der Waals surface area contributed by atoms with Crippen LogP contribution in [0.3, 0.4) is 0 Å². The zero-order valence-electron chi connectivity index (χ0n) is 14.8. The van der Waals surface area contributed by atoms with Gasteiger partial charge in [-0.15, -0.1) is 0 Å². The molecule has 134 valence electrons. The van der Waals surface area contributed by atoms with E-state index < -0.39 is 0 Å². The number of aromatic nitrogens is 2. The highest BCUT2D eigenvalue weighted by atomic mass is 79.9. The van der Waals surface area contributed by atoms with Gasteiger partial charge in [0.2, 0.25) is 0 Å². The van der Waals surface area contributed by atoms with Crippen molar-refractivity contribution >= 4 is 22.0 Å². The molecule has 1 heterocycles. The van der Waals surface area contributed by atoms with Crippen LogP contribution >= 0.6 is 15.9 Å². The fourth-order valence-corrected chi connectivity index (χ4v) is 2.90. The molecule has 6 heteroatoms. The molecule has 1 unspecified atom stereocenters. The van der Waals surface area contributed by atoms with Crippen molar-refractivity contribution in [3.8, 4) is 5.69 Å².